The smallest absolute Gasteiger partial charge is 0.382 e. The number of urea groups is 1. The summed E-state index contributed by atoms with van der Waals surface area (Å²) >= 11 is 0. The second-order valence-electron chi connectivity index (χ2n) is 5.68. The van der Waals surface area contributed by atoms with Crippen molar-refractivity contribution >= 4 is 11.7 Å². The van der Waals surface area contributed by atoms with Crippen molar-refractivity contribution in [2.24, 2.45) is 0 Å². The number of likely N-dealkylation sites (N-methyl/N-ethyl adjacent to an activating group) is 1. The summed E-state index contributed by atoms with van der Waals surface area (Å²) in [6.45, 7) is 2.62. The maximum atomic E-state index is 12.3. The molecule has 0 aliphatic carbocycles. The number of hydrogen-bond donors (Lipinski definition) is 2. The van der Waals surface area contributed by atoms with Crippen LogP contribution in [0, 0.1) is 11.3 Å². The maximum absolute atomic E-state index is 12.3. The minimum absolute atomic E-state index is 0.376. The van der Waals surface area contributed by atoms with Gasteiger partial charge in [0.1, 0.15) is 0 Å². The molecule has 1 aromatic rings. The molecule has 2 N–H and O–H groups in total. The van der Waals surface area contributed by atoms with Crippen LogP contribution in [0.3, 0.4) is 0 Å². The van der Waals surface area contributed by atoms with Gasteiger partial charge >= 0.3 is 12.2 Å². The summed E-state index contributed by atoms with van der Waals surface area (Å²) in [5, 5.41) is 20.4. The highest BCUT2D eigenvalue weighted by molar-refractivity contribution is 5.89. The lowest BCUT2D eigenvalue weighted by molar-refractivity contribution is -0.205. The summed E-state index contributed by atoms with van der Waals surface area (Å²) in [6, 6.07) is 7.79. The van der Waals surface area contributed by atoms with Gasteiger partial charge in [-0.15, -0.1) is 0 Å². The first kappa shape index (κ1) is 18.8. The van der Waals surface area contributed by atoms with E-state index in [9.17, 15) is 18.0 Å². The third-order valence-electron chi connectivity index (χ3n) is 3.31. The van der Waals surface area contributed by atoms with E-state index in [1.54, 1.807) is 38.1 Å². The van der Waals surface area contributed by atoms with Gasteiger partial charge in [-0.25, -0.2) is 4.79 Å². The van der Waals surface area contributed by atoms with Crippen LogP contribution in [0.4, 0.5) is 23.7 Å². The van der Waals surface area contributed by atoms with Gasteiger partial charge in [0.15, 0.2) is 6.10 Å². The molecule has 0 radical (unpaired) electrons. The van der Waals surface area contributed by atoms with Crippen LogP contribution in [0.2, 0.25) is 0 Å². The summed E-state index contributed by atoms with van der Waals surface area (Å²) in [7, 11) is 1.15. The van der Waals surface area contributed by atoms with Crippen LogP contribution in [0.15, 0.2) is 24.3 Å². The summed E-state index contributed by atoms with van der Waals surface area (Å²) in [6.07, 6.45) is -7.38. The monoisotopic (exact) mass is 329 g/mol. The molecule has 1 rings (SSSR count). The lowest BCUT2D eigenvalue weighted by Gasteiger charge is -2.23. The van der Waals surface area contributed by atoms with E-state index in [1.165, 1.54) is 0 Å². The molecule has 8 heteroatoms. The summed E-state index contributed by atoms with van der Waals surface area (Å²) < 4.78 is 36.8. The fourth-order valence-electron chi connectivity index (χ4n) is 1.70. The maximum Gasteiger partial charge on any atom is 0.416 e. The number of benzene rings is 1. The fourth-order valence-corrected chi connectivity index (χ4v) is 1.70. The largest absolute Gasteiger partial charge is 0.416 e. The van der Waals surface area contributed by atoms with E-state index in [2.05, 4.69) is 11.4 Å². The predicted molar refractivity (Wildman–Crippen MR) is 78.8 cm³/mol. The molecular weight excluding hydrogens is 311 g/mol. The average Bonchev–Trinajstić information content (AvgIpc) is 2.46. The zero-order valence-electron chi connectivity index (χ0n) is 13.0. The van der Waals surface area contributed by atoms with Gasteiger partial charge in [0.25, 0.3) is 0 Å². The lowest BCUT2D eigenvalue weighted by Crippen LogP contribution is -2.43. The van der Waals surface area contributed by atoms with Crippen LogP contribution in [-0.4, -0.2) is 41.9 Å². The van der Waals surface area contributed by atoms with E-state index in [-0.39, 0.29) is 0 Å². The number of hydrogen-bond acceptors (Lipinski definition) is 3. The van der Waals surface area contributed by atoms with Crippen molar-refractivity contribution in [3.63, 3.8) is 0 Å². The molecule has 23 heavy (non-hydrogen) atoms. The Morgan fingerprint density at radius 3 is 2.30 bits per heavy atom. The SMILES string of the molecule is CN(CC(O)C(F)(F)F)C(=O)Nc1ccc(C(C)(C)C#N)cc1. The molecule has 0 aromatic heterocycles. The number of amides is 2. The first-order valence-electron chi connectivity index (χ1n) is 6.76. The van der Waals surface area contributed by atoms with Gasteiger partial charge in [-0.2, -0.15) is 18.4 Å². The Balaban J connectivity index is 2.70. The standard InChI is InChI=1S/C15H18F3N3O2/c1-14(2,9-19)10-4-6-11(7-5-10)20-13(23)21(3)8-12(22)15(16,17)18/h4-7,12,22H,8H2,1-3H3,(H,20,23). The predicted octanol–water partition coefficient (Wildman–Crippen LogP) is 2.87. The zero-order chi connectivity index (χ0) is 17.8. The Hall–Kier alpha value is -2.27. The minimum atomic E-state index is -4.78. The van der Waals surface area contributed by atoms with Crippen LogP contribution < -0.4 is 5.32 Å². The normalized spacial score (nSPS) is 13.1. The van der Waals surface area contributed by atoms with E-state index in [1.807, 2.05) is 0 Å². The number of aliphatic hydroxyl groups is 1. The van der Waals surface area contributed by atoms with Gasteiger partial charge in [0.2, 0.25) is 0 Å². The van der Waals surface area contributed by atoms with Crippen molar-refractivity contribution in [1.29, 1.82) is 5.26 Å². The number of aliphatic hydroxyl groups excluding tert-OH is 1. The highest BCUT2D eigenvalue weighted by atomic mass is 19.4. The van der Waals surface area contributed by atoms with Crippen molar-refractivity contribution in [2.75, 3.05) is 18.9 Å². The van der Waals surface area contributed by atoms with Crippen molar-refractivity contribution in [1.82, 2.24) is 4.90 Å². The Morgan fingerprint density at radius 1 is 1.35 bits per heavy atom. The van der Waals surface area contributed by atoms with Gasteiger partial charge in [-0.3, -0.25) is 0 Å². The number of nitriles is 1. The third-order valence-corrected chi connectivity index (χ3v) is 3.31. The Bertz CT molecular complexity index is 591. The Labute approximate surface area is 132 Å². The summed E-state index contributed by atoms with van der Waals surface area (Å²) in [4.78, 5) is 12.5. The molecule has 1 aromatic carbocycles. The van der Waals surface area contributed by atoms with Gasteiger partial charge in [-0.1, -0.05) is 12.1 Å². The molecule has 0 fully saturated rings. The Kier molecular flexibility index (Phi) is 5.61. The van der Waals surface area contributed by atoms with Gasteiger partial charge < -0.3 is 15.3 Å². The first-order chi connectivity index (χ1) is 10.5. The van der Waals surface area contributed by atoms with Crippen LogP contribution in [0.5, 0.6) is 0 Å². The van der Waals surface area contributed by atoms with E-state index in [4.69, 9.17) is 10.4 Å². The highest BCUT2D eigenvalue weighted by Crippen LogP contribution is 2.24. The lowest BCUT2D eigenvalue weighted by atomic mass is 9.86. The highest BCUT2D eigenvalue weighted by Gasteiger charge is 2.39. The molecule has 0 aliphatic heterocycles. The van der Waals surface area contributed by atoms with Crippen molar-refractivity contribution in [3.05, 3.63) is 29.8 Å². The summed E-state index contributed by atoms with van der Waals surface area (Å²) in [5.41, 5.74) is 0.440. The van der Waals surface area contributed by atoms with E-state index < -0.39 is 30.3 Å². The van der Waals surface area contributed by atoms with Crippen LogP contribution >= 0.6 is 0 Å². The third kappa shape index (κ3) is 5.14. The van der Waals surface area contributed by atoms with Crippen molar-refractivity contribution < 1.29 is 23.1 Å². The second kappa shape index (κ2) is 6.87. The number of carbonyl (C=O) groups excluding carboxylic acids is 1. The molecule has 126 valence electrons. The zero-order valence-corrected chi connectivity index (χ0v) is 13.0. The molecule has 0 bridgehead atoms. The van der Waals surface area contributed by atoms with Crippen molar-refractivity contribution in [2.45, 2.75) is 31.5 Å². The van der Waals surface area contributed by atoms with Gasteiger partial charge in [0.05, 0.1) is 18.0 Å². The van der Waals surface area contributed by atoms with Gasteiger partial charge in [0, 0.05) is 12.7 Å². The number of halogens is 3. The molecule has 0 aliphatic rings. The number of alkyl halides is 3. The van der Waals surface area contributed by atoms with E-state index in [0.29, 0.717) is 5.69 Å². The van der Waals surface area contributed by atoms with Gasteiger partial charge in [-0.05, 0) is 31.5 Å². The Morgan fingerprint density at radius 2 is 1.87 bits per heavy atom. The number of carbonyl (C=O) groups is 1. The fraction of sp³-hybridized carbons (Fsp3) is 0.467. The molecule has 2 amide bonds. The molecule has 1 unspecified atom stereocenters. The average molecular weight is 329 g/mol. The molecule has 0 saturated carbocycles. The quantitative estimate of drug-likeness (QED) is 0.892. The molecule has 1 atom stereocenters. The number of anilines is 1. The number of rotatable bonds is 4. The minimum Gasteiger partial charge on any atom is -0.382 e. The second-order valence-corrected chi connectivity index (χ2v) is 5.68. The topological polar surface area (TPSA) is 76.4 Å². The van der Waals surface area contributed by atoms with Crippen molar-refractivity contribution in [3.8, 4) is 6.07 Å². The summed E-state index contributed by atoms with van der Waals surface area (Å²) in [5.74, 6) is 0. The van der Waals surface area contributed by atoms with Crippen LogP contribution in [-0.2, 0) is 5.41 Å². The van der Waals surface area contributed by atoms with Crippen LogP contribution in [0.25, 0.3) is 0 Å². The molecule has 0 saturated heterocycles. The molecule has 5 nitrogen and oxygen atoms in total. The first-order valence-corrected chi connectivity index (χ1v) is 6.76. The van der Waals surface area contributed by atoms with E-state index in [0.717, 1.165) is 17.5 Å². The van der Waals surface area contributed by atoms with E-state index >= 15 is 0 Å². The van der Waals surface area contributed by atoms with Crippen LogP contribution in [0.1, 0.15) is 19.4 Å². The molecular formula is C15H18F3N3O2. The molecule has 0 spiro atoms. The number of nitrogens with zero attached hydrogens (tertiary/aromatic N) is 2. The molecule has 0 heterocycles. The number of nitrogens with one attached hydrogen (secondary N) is 1.